The van der Waals surface area contributed by atoms with E-state index in [1.807, 2.05) is 0 Å². The SMILES string of the molecule is CC1CCCC(CN)(CN2CCCCC2CCO)C1. The molecule has 0 radical (unpaired) electrons. The molecule has 3 nitrogen and oxygen atoms in total. The zero-order valence-electron chi connectivity index (χ0n) is 12.6. The van der Waals surface area contributed by atoms with Gasteiger partial charge in [-0.15, -0.1) is 0 Å². The molecule has 1 saturated carbocycles. The molecule has 2 rings (SSSR count). The Balaban J connectivity index is 1.99. The van der Waals surface area contributed by atoms with Crippen LogP contribution in [0.25, 0.3) is 0 Å². The summed E-state index contributed by atoms with van der Waals surface area (Å²) < 4.78 is 0. The third-order valence-electron chi connectivity index (χ3n) is 5.37. The third-order valence-corrected chi connectivity index (χ3v) is 5.37. The standard InChI is InChI=1S/C16H32N2O/c1-14-5-4-8-16(11-14,12-17)13-18-9-3-2-6-15(18)7-10-19/h14-15,19H,2-13,17H2,1H3. The van der Waals surface area contributed by atoms with Crippen LogP contribution in [0.15, 0.2) is 0 Å². The van der Waals surface area contributed by atoms with Gasteiger partial charge in [-0.05, 0) is 56.5 Å². The van der Waals surface area contributed by atoms with Gasteiger partial charge >= 0.3 is 0 Å². The van der Waals surface area contributed by atoms with Gasteiger partial charge in [0.05, 0.1) is 0 Å². The first-order valence-corrected chi connectivity index (χ1v) is 8.24. The molecule has 2 fully saturated rings. The van der Waals surface area contributed by atoms with Gasteiger partial charge in [0.2, 0.25) is 0 Å². The Morgan fingerprint density at radius 1 is 1.26 bits per heavy atom. The molecule has 3 unspecified atom stereocenters. The Morgan fingerprint density at radius 3 is 2.79 bits per heavy atom. The zero-order chi connectivity index (χ0) is 13.7. The summed E-state index contributed by atoms with van der Waals surface area (Å²) in [7, 11) is 0. The predicted molar refractivity (Wildman–Crippen MR) is 80.0 cm³/mol. The van der Waals surface area contributed by atoms with E-state index in [-0.39, 0.29) is 0 Å². The summed E-state index contributed by atoms with van der Waals surface area (Å²) in [4.78, 5) is 2.64. The molecule has 0 spiro atoms. The summed E-state index contributed by atoms with van der Waals surface area (Å²) in [6.07, 6.45) is 10.2. The summed E-state index contributed by atoms with van der Waals surface area (Å²) in [6, 6.07) is 0.597. The highest BCUT2D eigenvalue weighted by molar-refractivity contribution is 4.91. The maximum atomic E-state index is 9.25. The Hall–Kier alpha value is -0.120. The van der Waals surface area contributed by atoms with Crippen LogP contribution >= 0.6 is 0 Å². The average Bonchev–Trinajstić information content (AvgIpc) is 2.41. The second-order valence-corrected chi connectivity index (χ2v) is 7.04. The Kier molecular flexibility index (Phi) is 5.67. The van der Waals surface area contributed by atoms with E-state index in [2.05, 4.69) is 11.8 Å². The first-order valence-electron chi connectivity index (χ1n) is 8.24. The van der Waals surface area contributed by atoms with Crippen LogP contribution in [0.2, 0.25) is 0 Å². The molecule has 1 saturated heterocycles. The maximum absolute atomic E-state index is 9.25. The van der Waals surface area contributed by atoms with Crippen molar-refractivity contribution in [1.29, 1.82) is 0 Å². The summed E-state index contributed by atoms with van der Waals surface area (Å²) >= 11 is 0. The molecule has 0 aromatic heterocycles. The Labute approximate surface area is 118 Å². The van der Waals surface area contributed by atoms with Crippen LogP contribution in [0.4, 0.5) is 0 Å². The van der Waals surface area contributed by atoms with Crippen molar-refractivity contribution in [3.8, 4) is 0 Å². The molecule has 1 aliphatic heterocycles. The number of piperidine rings is 1. The predicted octanol–water partition coefficient (Wildman–Crippen LogP) is 2.38. The number of nitrogens with zero attached hydrogens (tertiary/aromatic N) is 1. The fraction of sp³-hybridized carbons (Fsp3) is 1.00. The highest BCUT2D eigenvalue weighted by atomic mass is 16.3. The van der Waals surface area contributed by atoms with Gasteiger partial charge in [0.1, 0.15) is 0 Å². The van der Waals surface area contributed by atoms with Gasteiger partial charge in [-0.3, -0.25) is 4.90 Å². The normalized spacial score (nSPS) is 37.4. The van der Waals surface area contributed by atoms with E-state index in [0.29, 0.717) is 18.1 Å². The van der Waals surface area contributed by atoms with Crippen molar-refractivity contribution in [2.75, 3.05) is 26.2 Å². The molecule has 0 aromatic carbocycles. The van der Waals surface area contributed by atoms with Gasteiger partial charge < -0.3 is 10.8 Å². The van der Waals surface area contributed by atoms with Crippen molar-refractivity contribution in [3.63, 3.8) is 0 Å². The second-order valence-electron chi connectivity index (χ2n) is 7.04. The number of aliphatic hydroxyl groups is 1. The largest absolute Gasteiger partial charge is 0.396 e. The first kappa shape index (κ1) is 15.3. The topological polar surface area (TPSA) is 49.5 Å². The van der Waals surface area contributed by atoms with Crippen molar-refractivity contribution >= 4 is 0 Å². The molecule has 2 aliphatic rings. The van der Waals surface area contributed by atoms with Crippen molar-refractivity contribution in [3.05, 3.63) is 0 Å². The van der Waals surface area contributed by atoms with Gasteiger partial charge in [0, 0.05) is 19.2 Å². The minimum Gasteiger partial charge on any atom is -0.396 e. The number of nitrogens with two attached hydrogens (primary N) is 1. The molecule has 0 aromatic rings. The van der Waals surface area contributed by atoms with E-state index in [0.717, 1.165) is 18.9 Å². The number of hydrogen-bond acceptors (Lipinski definition) is 3. The molecule has 112 valence electrons. The highest BCUT2D eigenvalue weighted by Gasteiger charge is 2.37. The van der Waals surface area contributed by atoms with Gasteiger partial charge in [-0.2, -0.15) is 0 Å². The number of hydrogen-bond donors (Lipinski definition) is 2. The summed E-state index contributed by atoms with van der Waals surface area (Å²) in [5.41, 5.74) is 6.51. The molecule has 19 heavy (non-hydrogen) atoms. The molecule has 1 aliphatic carbocycles. The molecular weight excluding hydrogens is 236 g/mol. The number of rotatable bonds is 5. The molecule has 3 atom stereocenters. The van der Waals surface area contributed by atoms with Gasteiger partial charge in [0.25, 0.3) is 0 Å². The van der Waals surface area contributed by atoms with Crippen LogP contribution in [0.3, 0.4) is 0 Å². The fourth-order valence-electron chi connectivity index (χ4n) is 4.34. The molecule has 3 heteroatoms. The van der Waals surface area contributed by atoms with Crippen LogP contribution in [-0.2, 0) is 0 Å². The summed E-state index contributed by atoms with van der Waals surface area (Å²) in [5, 5.41) is 9.25. The molecule has 1 heterocycles. The zero-order valence-corrected chi connectivity index (χ0v) is 12.6. The Morgan fingerprint density at radius 2 is 2.11 bits per heavy atom. The Bertz CT molecular complexity index is 269. The molecule has 3 N–H and O–H groups in total. The smallest absolute Gasteiger partial charge is 0.0445 e. The van der Waals surface area contributed by atoms with Gasteiger partial charge in [-0.25, -0.2) is 0 Å². The molecule has 0 amide bonds. The lowest BCUT2D eigenvalue weighted by atomic mass is 9.69. The lowest BCUT2D eigenvalue weighted by Crippen LogP contribution is -2.50. The van der Waals surface area contributed by atoms with E-state index in [4.69, 9.17) is 5.73 Å². The van der Waals surface area contributed by atoms with E-state index >= 15 is 0 Å². The summed E-state index contributed by atoms with van der Waals surface area (Å²) in [5.74, 6) is 0.832. The minimum atomic E-state index is 0.327. The van der Waals surface area contributed by atoms with Crippen molar-refractivity contribution in [2.45, 2.75) is 64.3 Å². The highest BCUT2D eigenvalue weighted by Crippen LogP contribution is 2.40. The van der Waals surface area contributed by atoms with Crippen molar-refractivity contribution in [2.24, 2.45) is 17.1 Å². The van der Waals surface area contributed by atoms with Crippen molar-refractivity contribution < 1.29 is 5.11 Å². The lowest BCUT2D eigenvalue weighted by Gasteiger charge is -2.46. The molecular formula is C16H32N2O. The quantitative estimate of drug-likeness (QED) is 0.805. The van der Waals surface area contributed by atoms with Crippen LogP contribution in [-0.4, -0.2) is 42.3 Å². The second kappa shape index (κ2) is 7.05. The average molecular weight is 268 g/mol. The van der Waals surface area contributed by atoms with Crippen LogP contribution in [0.1, 0.15) is 58.3 Å². The van der Waals surface area contributed by atoms with Crippen LogP contribution in [0, 0.1) is 11.3 Å². The maximum Gasteiger partial charge on any atom is 0.0445 e. The van der Waals surface area contributed by atoms with Gasteiger partial charge in [0.15, 0.2) is 0 Å². The van der Waals surface area contributed by atoms with E-state index in [9.17, 15) is 5.11 Å². The minimum absolute atomic E-state index is 0.327. The van der Waals surface area contributed by atoms with E-state index < -0.39 is 0 Å². The monoisotopic (exact) mass is 268 g/mol. The van der Waals surface area contributed by atoms with Crippen LogP contribution in [0.5, 0.6) is 0 Å². The number of aliphatic hydroxyl groups excluding tert-OH is 1. The van der Waals surface area contributed by atoms with Gasteiger partial charge in [-0.1, -0.05) is 26.2 Å². The summed E-state index contributed by atoms with van der Waals surface area (Å²) in [6.45, 7) is 5.91. The fourth-order valence-corrected chi connectivity index (χ4v) is 4.34. The van der Waals surface area contributed by atoms with Crippen LogP contribution < -0.4 is 5.73 Å². The van der Waals surface area contributed by atoms with E-state index in [1.54, 1.807) is 0 Å². The third kappa shape index (κ3) is 3.93. The van der Waals surface area contributed by atoms with Crippen molar-refractivity contribution in [1.82, 2.24) is 4.90 Å². The number of likely N-dealkylation sites (tertiary alicyclic amines) is 1. The van der Waals surface area contributed by atoms with E-state index in [1.165, 1.54) is 58.0 Å². The molecule has 0 bridgehead atoms. The lowest BCUT2D eigenvalue weighted by molar-refractivity contribution is 0.0383. The first-order chi connectivity index (χ1) is 9.19.